The standard InChI is InChI=1S/C22H25ClN2O.ClH/c1-15-16(2)25(13-17-7-9-19(23)10-8-17)21-20(15)11-12-24-22(21)26-14-18-5-3-4-6-18;/h7-12,18H,3-6,13-14H2,1-2H3;1H. The Hall–Kier alpha value is -1.71. The van der Waals surface area contributed by atoms with Crippen LogP contribution in [0.4, 0.5) is 0 Å². The molecule has 0 amide bonds. The minimum absolute atomic E-state index is 0. The SMILES string of the molecule is Cc1c(C)n(Cc2ccc(Cl)cc2)c2c(OCC3CCCC3)nccc12.Cl. The van der Waals surface area contributed by atoms with E-state index < -0.39 is 0 Å². The molecule has 1 aromatic carbocycles. The van der Waals surface area contributed by atoms with Crippen LogP contribution in [0.3, 0.4) is 0 Å². The highest BCUT2D eigenvalue weighted by Gasteiger charge is 2.19. The molecule has 0 unspecified atom stereocenters. The molecule has 0 radical (unpaired) electrons. The maximum absolute atomic E-state index is 6.22. The van der Waals surface area contributed by atoms with Crippen molar-refractivity contribution in [2.24, 2.45) is 5.92 Å². The summed E-state index contributed by atoms with van der Waals surface area (Å²) in [5.41, 5.74) is 4.88. The fourth-order valence-electron chi connectivity index (χ4n) is 4.01. The molecular formula is C22H26Cl2N2O. The summed E-state index contributed by atoms with van der Waals surface area (Å²) in [5, 5.41) is 1.99. The third-order valence-corrected chi connectivity index (χ3v) is 5.95. The van der Waals surface area contributed by atoms with Crippen LogP contribution < -0.4 is 4.74 Å². The quantitative estimate of drug-likeness (QED) is 0.495. The number of halogens is 2. The van der Waals surface area contributed by atoms with Crippen molar-refractivity contribution in [3.8, 4) is 5.88 Å². The van der Waals surface area contributed by atoms with Crippen molar-refractivity contribution in [1.29, 1.82) is 0 Å². The second kappa shape index (κ2) is 8.53. The molecule has 144 valence electrons. The molecule has 0 bridgehead atoms. The molecule has 5 heteroatoms. The van der Waals surface area contributed by atoms with E-state index in [2.05, 4.69) is 41.6 Å². The Kier molecular flexibility index (Phi) is 6.33. The summed E-state index contributed by atoms with van der Waals surface area (Å²) in [7, 11) is 0. The largest absolute Gasteiger partial charge is 0.476 e. The lowest BCUT2D eigenvalue weighted by Crippen LogP contribution is -2.10. The normalized spacial score (nSPS) is 14.5. The first-order chi connectivity index (χ1) is 12.6. The van der Waals surface area contributed by atoms with Crippen molar-refractivity contribution in [3.05, 3.63) is 58.4 Å². The van der Waals surface area contributed by atoms with Gasteiger partial charge in [0.2, 0.25) is 5.88 Å². The van der Waals surface area contributed by atoms with Crippen molar-refractivity contribution in [2.45, 2.75) is 46.1 Å². The number of hydrogen-bond acceptors (Lipinski definition) is 2. The van der Waals surface area contributed by atoms with E-state index in [4.69, 9.17) is 16.3 Å². The number of aromatic nitrogens is 2. The highest BCUT2D eigenvalue weighted by Crippen LogP contribution is 2.33. The number of fused-ring (bicyclic) bond motifs is 1. The zero-order chi connectivity index (χ0) is 18.1. The topological polar surface area (TPSA) is 27.1 Å². The van der Waals surface area contributed by atoms with Gasteiger partial charge in [0.05, 0.1) is 6.61 Å². The fourth-order valence-corrected chi connectivity index (χ4v) is 4.14. The number of hydrogen-bond donors (Lipinski definition) is 0. The first-order valence-electron chi connectivity index (χ1n) is 9.45. The Labute approximate surface area is 172 Å². The number of aryl methyl sites for hydroxylation is 1. The van der Waals surface area contributed by atoms with E-state index in [9.17, 15) is 0 Å². The Balaban J connectivity index is 0.00000210. The van der Waals surface area contributed by atoms with Crippen LogP contribution in [0.2, 0.25) is 5.02 Å². The third kappa shape index (κ3) is 4.09. The lowest BCUT2D eigenvalue weighted by atomic mass is 10.1. The average molecular weight is 405 g/mol. The Morgan fingerprint density at radius 3 is 2.52 bits per heavy atom. The molecule has 0 N–H and O–H groups in total. The summed E-state index contributed by atoms with van der Waals surface area (Å²) in [4.78, 5) is 4.57. The van der Waals surface area contributed by atoms with Crippen LogP contribution in [0.25, 0.3) is 10.9 Å². The zero-order valence-electron chi connectivity index (χ0n) is 15.9. The van der Waals surface area contributed by atoms with Gasteiger partial charge in [-0.2, -0.15) is 0 Å². The van der Waals surface area contributed by atoms with E-state index in [1.54, 1.807) is 0 Å². The van der Waals surface area contributed by atoms with Crippen molar-refractivity contribution >= 4 is 34.9 Å². The Morgan fingerprint density at radius 1 is 1.11 bits per heavy atom. The summed E-state index contributed by atoms with van der Waals surface area (Å²) in [6.07, 6.45) is 7.08. The van der Waals surface area contributed by atoms with E-state index in [1.807, 2.05) is 18.3 Å². The van der Waals surface area contributed by atoms with Crippen molar-refractivity contribution in [1.82, 2.24) is 9.55 Å². The van der Waals surface area contributed by atoms with Gasteiger partial charge in [-0.3, -0.25) is 0 Å². The minimum atomic E-state index is 0. The molecule has 1 aliphatic rings. The smallest absolute Gasteiger partial charge is 0.238 e. The van der Waals surface area contributed by atoms with Gasteiger partial charge in [0.15, 0.2) is 0 Å². The maximum Gasteiger partial charge on any atom is 0.238 e. The van der Waals surface area contributed by atoms with Gasteiger partial charge in [-0.1, -0.05) is 36.6 Å². The molecule has 1 fully saturated rings. The average Bonchev–Trinajstić information content (AvgIpc) is 3.25. The van der Waals surface area contributed by atoms with E-state index in [-0.39, 0.29) is 12.4 Å². The predicted octanol–water partition coefficient (Wildman–Crippen LogP) is 6.35. The first-order valence-corrected chi connectivity index (χ1v) is 9.83. The summed E-state index contributed by atoms with van der Waals surface area (Å²) in [6.45, 7) is 5.91. The molecule has 1 saturated carbocycles. The van der Waals surface area contributed by atoms with Crippen LogP contribution in [0.5, 0.6) is 5.88 Å². The van der Waals surface area contributed by atoms with Gasteiger partial charge in [-0.25, -0.2) is 4.98 Å². The molecule has 3 aromatic rings. The highest BCUT2D eigenvalue weighted by molar-refractivity contribution is 6.30. The van der Waals surface area contributed by atoms with Crippen LogP contribution in [0.15, 0.2) is 36.5 Å². The number of pyridine rings is 1. The van der Waals surface area contributed by atoms with Crippen LogP contribution >= 0.6 is 24.0 Å². The van der Waals surface area contributed by atoms with Crippen LogP contribution in [0, 0.1) is 19.8 Å². The molecular weight excluding hydrogens is 379 g/mol. The van der Waals surface area contributed by atoms with Crippen LogP contribution in [0.1, 0.15) is 42.5 Å². The Morgan fingerprint density at radius 2 is 1.81 bits per heavy atom. The van der Waals surface area contributed by atoms with Gasteiger partial charge in [0.25, 0.3) is 0 Å². The van der Waals surface area contributed by atoms with Crippen molar-refractivity contribution < 1.29 is 4.74 Å². The predicted molar refractivity (Wildman–Crippen MR) is 114 cm³/mol. The summed E-state index contributed by atoms with van der Waals surface area (Å²) in [5.74, 6) is 1.44. The van der Waals surface area contributed by atoms with Gasteiger partial charge in [0, 0.05) is 28.8 Å². The highest BCUT2D eigenvalue weighted by atomic mass is 35.5. The number of ether oxygens (including phenoxy) is 1. The minimum Gasteiger partial charge on any atom is -0.476 e. The van der Waals surface area contributed by atoms with E-state index in [1.165, 1.54) is 47.9 Å². The van der Waals surface area contributed by atoms with Gasteiger partial charge >= 0.3 is 0 Å². The number of benzene rings is 1. The second-order valence-corrected chi connectivity index (χ2v) is 7.83. The molecule has 0 aliphatic heterocycles. The molecule has 0 atom stereocenters. The third-order valence-electron chi connectivity index (χ3n) is 5.70. The molecule has 27 heavy (non-hydrogen) atoms. The van der Waals surface area contributed by atoms with E-state index in [0.717, 1.165) is 29.6 Å². The van der Waals surface area contributed by atoms with Gasteiger partial charge in [-0.15, -0.1) is 12.4 Å². The fraction of sp³-hybridized carbons (Fsp3) is 0.409. The molecule has 3 nitrogen and oxygen atoms in total. The number of nitrogens with zero attached hydrogens (tertiary/aromatic N) is 2. The lowest BCUT2D eigenvalue weighted by Gasteiger charge is -2.14. The van der Waals surface area contributed by atoms with Crippen molar-refractivity contribution in [3.63, 3.8) is 0 Å². The van der Waals surface area contributed by atoms with Gasteiger partial charge < -0.3 is 9.30 Å². The summed E-state index contributed by atoms with van der Waals surface area (Å²) in [6, 6.07) is 10.1. The van der Waals surface area contributed by atoms with Crippen molar-refractivity contribution in [2.75, 3.05) is 6.61 Å². The molecule has 0 saturated heterocycles. The van der Waals surface area contributed by atoms with E-state index in [0.29, 0.717) is 5.92 Å². The first kappa shape index (κ1) is 20.0. The molecule has 1 aliphatic carbocycles. The zero-order valence-corrected chi connectivity index (χ0v) is 17.4. The summed E-state index contributed by atoms with van der Waals surface area (Å²) >= 11 is 6.04. The summed E-state index contributed by atoms with van der Waals surface area (Å²) < 4.78 is 8.54. The lowest BCUT2D eigenvalue weighted by molar-refractivity contribution is 0.245. The van der Waals surface area contributed by atoms with Gasteiger partial charge in [-0.05, 0) is 61.9 Å². The number of rotatable bonds is 5. The Bertz CT molecular complexity index is 912. The van der Waals surface area contributed by atoms with Gasteiger partial charge in [0.1, 0.15) is 5.52 Å². The monoisotopic (exact) mass is 404 g/mol. The van der Waals surface area contributed by atoms with Crippen LogP contribution in [-0.4, -0.2) is 16.2 Å². The van der Waals surface area contributed by atoms with E-state index >= 15 is 0 Å². The molecule has 4 rings (SSSR count). The molecule has 2 aromatic heterocycles. The molecule has 0 spiro atoms. The van der Waals surface area contributed by atoms with Crippen LogP contribution in [-0.2, 0) is 6.54 Å². The molecule has 2 heterocycles. The maximum atomic E-state index is 6.22. The second-order valence-electron chi connectivity index (χ2n) is 7.40.